The first-order chi connectivity index (χ1) is 9.04. The predicted octanol–water partition coefficient (Wildman–Crippen LogP) is 1.73. The summed E-state index contributed by atoms with van der Waals surface area (Å²) in [6, 6.07) is 3.55. The number of likely N-dealkylation sites (tertiary alicyclic amines) is 1. The zero-order chi connectivity index (χ0) is 14.0. The zero-order valence-corrected chi connectivity index (χ0v) is 11.4. The van der Waals surface area contributed by atoms with E-state index >= 15 is 0 Å². The average molecular weight is 287 g/mol. The number of hydrogen-bond acceptors (Lipinski definition) is 3. The molecule has 1 saturated heterocycles. The molecule has 2 rings (SSSR count). The lowest BCUT2D eigenvalue weighted by molar-refractivity contribution is -0.129. The minimum absolute atomic E-state index is 0.0797. The van der Waals surface area contributed by atoms with Crippen molar-refractivity contribution in [3.63, 3.8) is 0 Å². The van der Waals surface area contributed by atoms with Crippen LogP contribution in [0, 0.1) is 5.82 Å². The standard InChI is InChI=1S/C13H16ClFN2O2/c1-19-5-4-17-12(18)7-11(16)13(17)9-3-2-8(14)6-10(9)15/h2-3,6,11,13H,4-5,7,16H2,1H3. The Morgan fingerprint density at radius 1 is 1.58 bits per heavy atom. The Balaban J connectivity index is 2.31. The van der Waals surface area contributed by atoms with Gasteiger partial charge in [0.1, 0.15) is 5.82 Å². The topological polar surface area (TPSA) is 55.6 Å². The second kappa shape index (κ2) is 5.86. The molecule has 19 heavy (non-hydrogen) atoms. The first-order valence-electron chi connectivity index (χ1n) is 6.03. The lowest BCUT2D eigenvalue weighted by atomic mass is 10.0. The fourth-order valence-electron chi connectivity index (χ4n) is 2.41. The van der Waals surface area contributed by atoms with E-state index in [0.717, 1.165) is 0 Å². The molecule has 0 spiro atoms. The SMILES string of the molecule is COCCN1C(=O)CC(N)C1c1ccc(Cl)cc1F. The molecule has 1 heterocycles. The molecule has 0 bridgehead atoms. The van der Waals surface area contributed by atoms with Crippen LogP contribution < -0.4 is 5.73 Å². The number of ether oxygens (including phenoxy) is 1. The molecule has 1 aliphatic heterocycles. The summed E-state index contributed by atoms with van der Waals surface area (Å²) in [7, 11) is 1.55. The normalized spacial score (nSPS) is 23.2. The fourth-order valence-corrected chi connectivity index (χ4v) is 2.57. The van der Waals surface area contributed by atoms with E-state index in [1.807, 2.05) is 0 Å². The third-order valence-corrected chi connectivity index (χ3v) is 3.52. The van der Waals surface area contributed by atoms with Gasteiger partial charge in [-0.2, -0.15) is 0 Å². The Morgan fingerprint density at radius 3 is 2.95 bits per heavy atom. The molecule has 2 unspecified atom stereocenters. The van der Waals surface area contributed by atoms with Gasteiger partial charge in [0, 0.05) is 36.7 Å². The first-order valence-corrected chi connectivity index (χ1v) is 6.41. The van der Waals surface area contributed by atoms with Crippen molar-refractivity contribution in [2.24, 2.45) is 5.73 Å². The summed E-state index contributed by atoms with van der Waals surface area (Å²) in [5, 5.41) is 0.322. The summed E-state index contributed by atoms with van der Waals surface area (Å²) in [5.74, 6) is -0.519. The van der Waals surface area contributed by atoms with Crippen molar-refractivity contribution in [2.45, 2.75) is 18.5 Å². The van der Waals surface area contributed by atoms with Crippen LogP contribution in [0.15, 0.2) is 18.2 Å². The van der Waals surface area contributed by atoms with E-state index in [9.17, 15) is 9.18 Å². The highest BCUT2D eigenvalue weighted by Crippen LogP contribution is 2.34. The second-order valence-electron chi connectivity index (χ2n) is 4.56. The van der Waals surface area contributed by atoms with Crippen LogP contribution in [0.3, 0.4) is 0 Å². The van der Waals surface area contributed by atoms with E-state index in [-0.39, 0.29) is 12.3 Å². The van der Waals surface area contributed by atoms with Gasteiger partial charge in [0.25, 0.3) is 0 Å². The van der Waals surface area contributed by atoms with Crippen molar-refractivity contribution in [3.05, 3.63) is 34.6 Å². The van der Waals surface area contributed by atoms with Gasteiger partial charge >= 0.3 is 0 Å². The Labute approximate surface area is 116 Å². The van der Waals surface area contributed by atoms with Crippen LogP contribution in [-0.4, -0.2) is 37.1 Å². The summed E-state index contributed by atoms with van der Waals surface area (Å²) < 4.78 is 19.0. The van der Waals surface area contributed by atoms with E-state index in [4.69, 9.17) is 22.1 Å². The van der Waals surface area contributed by atoms with Crippen LogP contribution in [-0.2, 0) is 9.53 Å². The molecule has 0 aromatic heterocycles. The average Bonchev–Trinajstić information content (AvgIpc) is 2.62. The molecule has 2 atom stereocenters. The number of amides is 1. The molecule has 1 fully saturated rings. The van der Waals surface area contributed by atoms with Gasteiger partial charge in [-0.1, -0.05) is 17.7 Å². The van der Waals surface area contributed by atoms with E-state index in [0.29, 0.717) is 23.7 Å². The fraction of sp³-hybridized carbons (Fsp3) is 0.462. The van der Waals surface area contributed by atoms with Crippen LogP contribution in [0.25, 0.3) is 0 Å². The van der Waals surface area contributed by atoms with Crippen LogP contribution in [0.5, 0.6) is 0 Å². The highest BCUT2D eigenvalue weighted by atomic mass is 35.5. The van der Waals surface area contributed by atoms with E-state index < -0.39 is 17.9 Å². The third-order valence-electron chi connectivity index (χ3n) is 3.29. The Hall–Kier alpha value is -1.17. The quantitative estimate of drug-likeness (QED) is 0.917. The van der Waals surface area contributed by atoms with Crippen LogP contribution >= 0.6 is 11.6 Å². The molecule has 0 saturated carbocycles. The number of halogens is 2. The summed E-state index contributed by atoms with van der Waals surface area (Å²) in [4.78, 5) is 13.5. The van der Waals surface area contributed by atoms with Gasteiger partial charge < -0.3 is 15.4 Å². The Kier molecular flexibility index (Phi) is 4.39. The van der Waals surface area contributed by atoms with Crippen LogP contribution in [0.2, 0.25) is 5.02 Å². The maximum atomic E-state index is 14.0. The van der Waals surface area contributed by atoms with Gasteiger partial charge in [-0.15, -0.1) is 0 Å². The number of rotatable bonds is 4. The third kappa shape index (κ3) is 2.88. The minimum Gasteiger partial charge on any atom is -0.383 e. The number of carbonyl (C=O) groups excluding carboxylic acids is 1. The summed E-state index contributed by atoms with van der Waals surface area (Å²) in [6.07, 6.45) is 0.219. The van der Waals surface area contributed by atoms with Crippen molar-refractivity contribution in [2.75, 3.05) is 20.3 Å². The summed E-state index contributed by atoms with van der Waals surface area (Å²) in [6.45, 7) is 0.792. The highest BCUT2D eigenvalue weighted by molar-refractivity contribution is 6.30. The van der Waals surface area contributed by atoms with Crippen LogP contribution in [0.4, 0.5) is 4.39 Å². The lowest BCUT2D eigenvalue weighted by Crippen LogP contribution is -2.35. The van der Waals surface area contributed by atoms with E-state index in [1.54, 1.807) is 24.1 Å². The van der Waals surface area contributed by atoms with E-state index in [1.165, 1.54) is 6.07 Å². The van der Waals surface area contributed by atoms with Crippen molar-refractivity contribution in [3.8, 4) is 0 Å². The molecule has 1 aromatic rings. The first kappa shape index (κ1) is 14.2. The molecule has 0 radical (unpaired) electrons. The molecule has 6 heteroatoms. The molecule has 0 aliphatic carbocycles. The number of nitrogens with zero attached hydrogens (tertiary/aromatic N) is 1. The van der Waals surface area contributed by atoms with E-state index in [2.05, 4.69) is 0 Å². The molecule has 1 aromatic carbocycles. The molecule has 4 nitrogen and oxygen atoms in total. The Morgan fingerprint density at radius 2 is 2.32 bits per heavy atom. The van der Waals surface area contributed by atoms with Gasteiger partial charge in [0.2, 0.25) is 5.91 Å². The van der Waals surface area contributed by atoms with Gasteiger partial charge in [0.05, 0.1) is 12.6 Å². The number of nitrogens with two attached hydrogens (primary N) is 1. The van der Waals surface area contributed by atoms with Gasteiger partial charge in [0.15, 0.2) is 0 Å². The number of hydrogen-bond donors (Lipinski definition) is 1. The molecular formula is C13H16ClFN2O2. The number of methoxy groups -OCH3 is 1. The van der Waals surface area contributed by atoms with Gasteiger partial charge in [-0.3, -0.25) is 4.79 Å². The highest BCUT2D eigenvalue weighted by Gasteiger charge is 2.39. The largest absolute Gasteiger partial charge is 0.383 e. The van der Waals surface area contributed by atoms with Gasteiger partial charge in [-0.05, 0) is 12.1 Å². The smallest absolute Gasteiger partial charge is 0.224 e. The lowest BCUT2D eigenvalue weighted by Gasteiger charge is -2.27. The second-order valence-corrected chi connectivity index (χ2v) is 5.00. The molecule has 1 amide bonds. The maximum Gasteiger partial charge on any atom is 0.224 e. The minimum atomic E-state index is -0.458. The maximum absolute atomic E-state index is 14.0. The zero-order valence-electron chi connectivity index (χ0n) is 10.6. The predicted molar refractivity (Wildman–Crippen MR) is 70.3 cm³/mol. The van der Waals surface area contributed by atoms with Crippen LogP contribution in [0.1, 0.15) is 18.0 Å². The molecule has 1 aliphatic rings. The van der Waals surface area contributed by atoms with Crippen molar-refractivity contribution < 1.29 is 13.9 Å². The molecular weight excluding hydrogens is 271 g/mol. The molecule has 104 valence electrons. The van der Waals surface area contributed by atoms with Crippen molar-refractivity contribution >= 4 is 17.5 Å². The van der Waals surface area contributed by atoms with Crippen molar-refractivity contribution in [1.82, 2.24) is 4.90 Å². The molecule has 2 N–H and O–H groups in total. The number of benzene rings is 1. The monoisotopic (exact) mass is 286 g/mol. The summed E-state index contributed by atoms with van der Waals surface area (Å²) in [5.41, 5.74) is 6.37. The Bertz CT molecular complexity index is 484. The van der Waals surface area contributed by atoms with Crippen molar-refractivity contribution in [1.29, 1.82) is 0 Å². The summed E-state index contributed by atoms with van der Waals surface area (Å²) >= 11 is 5.74. The van der Waals surface area contributed by atoms with Gasteiger partial charge in [-0.25, -0.2) is 4.39 Å². The number of carbonyl (C=O) groups is 1.